The summed E-state index contributed by atoms with van der Waals surface area (Å²) in [6, 6.07) is 3.17. The van der Waals surface area contributed by atoms with Crippen LogP contribution in [0.1, 0.15) is 41.6 Å². The first-order chi connectivity index (χ1) is 11.0. The molecule has 0 aliphatic carbocycles. The molecule has 2 heterocycles. The normalized spacial score (nSPS) is 18.2. The number of rotatable bonds is 3. The molecule has 1 aliphatic rings. The summed E-state index contributed by atoms with van der Waals surface area (Å²) in [5, 5.41) is 2.90. The van der Waals surface area contributed by atoms with Crippen molar-refractivity contribution in [2.24, 2.45) is 0 Å². The highest BCUT2D eigenvalue weighted by molar-refractivity contribution is 7.09. The van der Waals surface area contributed by atoms with Crippen LogP contribution in [0, 0.1) is 18.6 Å². The first kappa shape index (κ1) is 16.1. The van der Waals surface area contributed by atoms with Crippen LogP contribution in [0.15, 0.2) is 23.6 Å². The molecule has 1 aliphatic heterocycles. The molecule has 0 bridgehead atoms. The number of halogens is 2. The van der Waals surface area contributed by atoms with Gasteiger partial charge in [0.1, 0.15) is 16.6 Å². The Hall–Kier alpha value is -1.82. The number of aryl methyl sites for hydroxylation is 1. The number of hydrogen-bond donors (Lipinski definition) is 0. The second kappa shape index (κ2) is 6.74. The molecule has 3 rings (SSSR count). The van der Waals surface area contributed by atoms with E-state index in [0.29, 0.717) is 6.54 Å². The first-order valence-corrected chi connectivity index (χ1v) is 8.58. The number of benzene rings is 1. The number of likely N-dealkylation sites (tertiary alicyclic amines) is 1. The monoisotopic (exact) mass is 336 g/mol. The van der Waals surface area contributed by atoms with Crippen LogP contribution in [0.5, 0.6) is 0 Å². The van der Waals surface area contributed by atoms with Gasteiger partial charge in [-0.25, -0.2) is 13.8 Å². The van der Waals surface area contributed by atoms with Gasteiger partial charge in [0.2, 0.25) is 5.91 Å². The van der Waals surface area contributed by atoms with Gasteiger partial charge < -0.3 is 4.90 Å². The Kier molecular flexibility index (Phi) is 4.71. The molecular weight excluding hydrogens is 318 g/mol. The predicted octanol–water partition coefficient (Wildman–Crippen LogP) is 4.03. The second-order valence-corrected chi connectivity index (χ2v) is 6.73. The molecule has 0 unspecified atom stereocenters. The number of aromatic nitrogens is 1. The second-order valence-electron chi connectivity index (χ2n) is 5.84. The smallest absolute Gasteiger partial charge is 0.227 e. The number of carbonyl (C=O) groups excluding carboxylic acids is 1. The minimum Gasteiger partial charge on any atom is -0.333 e. The van der Waals surface area contributed by atoms with Gasteiger partial charge in [-0.05, 0) is 44.4 Å². The van der Waals surface area contributed by atoms with Gasteiger partial charge >= 0.3 is 0 Å². The van der Waals surface area contributed by atoms with Gasteiger partial charge in [0.05, 0.1) is 12.5 Å². The molecular formula is C17H18F2N2OS. The molecule has 1 aromatic heterocycles. The lowest BCUT2D eigenvalue weighted by Crippen LogP contribution is -2.39. The molecule has 0 saturated carbocycles. The highest BCUT2D eigenvalue weighted by Gasteiger charge is 2.30. The summed E-state index contributed by atoms with van der Waals surface area (Å²) in [4.78, 5) is 18.9. The van der Waals surface area contributed by atoms with Crippen molar-refractivity contribution < 1.29 is 13.6 Å². The maximum absolute atomic E-state index is 13.8. The third kappa shape index (κ3) is 3.58. The quantitative estimate of drug-likeness (QED) is 0.848. The summed E-state index contributed by atoms with van der Waals surface area (Å²) in [6.07, 6.45) is 2.72. The minimum atomic E-state index is -0.543. The van der Waals surface area contributed by atoms with Crippen LogP contribution in [0.2, 0.25) is 0 Å². The van der Waals surface area contributed by atoms with Crippen LogP contribution < -0.4 is 0 Å². The molecule has 1 aromatic carbocycles. The van der Waals surface area contributed by atoms with E-state index in [1.165, 1.54) is 0 Å². The third-order valence-corrected chi connectivity index (χ3v) is 5.16. The average Bonchev–Trinajstić information content (AvgIpc) is 2.97. The molecule has 0 N–H and O–H groups in total. The number of carbonyl (C=O) groups is 1. The van der Waals surface area contributed by atoms with E-state index in [0.717, 1.165) is 48.2 Å². The number of piperidine rings is 1. The zero-order valence-electron chi connectivity index (χ0n) is 12.9. The first-order valence-electron chi connectivity index (χ1n) is 7.70. The van der Waals surface area contributed by atoms with Gasteiger partial charge in [-0.3, -0.25) is 4.79 Å². The minimum absolute atomic E-state index is 0.0495. The highest BCUT2D eigenvalue weighted by Crippen LogP contribution is 2.33. The van der Waals surface area contributed by atoms with Gasteiger partial charge in [-0.15, -0.1) is 11.3 Å². The summed E-state index contributed by atoms with van der Waals surface area (Å²) in [5.74, 6) is -1.25. The van der Waals surface area contributed by atoms with Gasteiger partial charge in [-0.2, -0.15) is 0 Å². The Bertz CT molecular complexity index is 716. The van der Waals surface area contributed by atoms with Gasteiger partial charge in [0, 0.05) is 23.2 Å². The van der Waals surface area contributed by atoms with Crippen molar-refractivity contribution in [2.45, 2.75) is 38.6 Å². The van der Waals surface area contributed by atoms with Crippen LogP contribution in [0.25, 0.3) is 0 Å². The van der Waals surface area contributed by atoms with Crippen molar-refractivity contribution in [2.75, 3.05) is 6.54 Å². The van der Waals surface area contributed by atoms with Crippen molar-refractivity contribution in [3.63, 3.8) is 0 Å². The van der Waals surface area contributed by atoms with Crippen LogP contribution >= 0.6 is 11.3 Å². The van der Waals surface area contributed by atoms with Crippen LogP contribution in [-0.2, 0) is 11.2 Å². The van der Waals surface area contributed by atoms with E-state index in [2.05, 4.69) is 4.98 Å². The standard InChI is InChI=1S/C17H18F2N2OS/c1-11-10-23-17(20-11)15-4-2-3-7-21(15)16(22)9-12-8-13(18)5-6-14(12)19/h5-6,8,10,15H,2-4,7,9H2,1H3/t15-/m0/s1. The summed E-state index contributed by atoms with van der Waals surface area (Å²) in [7, 11) is 0. The van der Waals surface area contributed by atoms with Crippen LogP contribution in [0.3, 0.4) is 0 Å². The molecule has 23 heavy (non-hydrogen) atoms. The number of amides is 1. The maximum Gasteiger partial charge on any atom is 0.227 e. The zero-order chi connectivity index (χ0) is 16.4. The number of hydrogen-bond acceptors (Lipinski definition) is 3. The lowest BCUT2D eigenvalue weighted by atomic mass is 10.0. The van der Waals surface area contributed by atoms with Crippen molar-refractivity contribution in [1.82, 2.24) is 9.88 Å². The van der Waals surface area contributed by atoms with E-state index in [9.17, 15) is 13.6 Å². The number of thiazole rings is 1. The fraction of sp³-hybridized carbons (Fsp3) is 0.412. The maximum atomic E-state index is 13.8. The molecule has 122 valence electrons. The summed E-state index contributed by atoms with van der Waals surface area (Å²) in [5.41, 5.74) is 1.05. The van der Waals surface area contributed by atoms with Crippen LogP contribution in [-0.4, -0.2) is 22.3 Å². The van der Waals surface area contributed by atoms with E-state index in [1.54, 1.807) is 16.2 Å². The predicted molar refractivity (Wildman–Crippen MR) is 85.2 cm³/mol. The number of nitrogens with zero attached hydrogens (tertiary/aromatic N) is 2. The fourth-order valence-corrected chi connectivity index (χ4v) is 3.90. The van der Waals surface area contributed by atoms with Gasteiger partial charge in [0.25, 0.3) is 0 Å². The fourth-order valence-electron chi connectivity index (χ4n) is 2.96. The van der Waals surface area contributed by atoms with E-state index >= 15 is 0 Å². The topological polar surface area (TPSA) is 33.2 Å². The molecule has 1 fully saturated rings. The summed E-state index contributed by atoms with van der Waals surface area (Å²) in [6.45, 7) is 2.57. The summed E-state index contributed by atoms with van der Waals surface area (Å²) < 4.78 is 27.1. The lowest BCUT2D eigenvalue weighted by Gasteiger charge is -2.34. The molecule has 1 saturated heterocycles. The van der Waals surface area contributed by atoms with E-state index < -0.39 is 11.6 Å². The Morgan fingerprint density at radius 2 is 2.22 bits per heavy atom. The zero-order valence-corrected chi connectivity index (χ0v) is 13.7. The van der Waals surface area contributed by atoms with E-state index in [4.69, 9.17) is 0 Å². The molecule has 6 heteroatoms. The van der Waals surface area contributed by atoms with Gasteiger partial charge in [-0.1, -0.05) is 0 Å². The molecule has 2 aromatic rings. The Labute approximate surface area is 138 Å². The highest BCUT2D eigenvalue weighted by atomic mass is 32.1. The Balaban J connectivity index is 1.80. The molecule has 0 radical (unpaired) electrons. The van der Waals surface area contributed by atoms with Crippen molar-refractivity contribution in [3.8, 4) is 0 Å². The molecule has 0 spiro atoms. The Morgan fingerprint density at radius 1 is 1.39 bits per heavy atom. The van der Waals surface area contributed by atoms with Crippen molar-refractivity contribution >= 4 is 17.2 Å². The van der Waals surface area contributed by atoms with E-state index in [-0.39, 0.29) is 23.9 Å². The largest absolute Gasteiger partial charge is 0.333 e. The van der Waals surface area contributed by atoms with Crippen molar-refractivity contribution in [3.05, 3.63) is 51.5 Å². The average molecular weight is 336 g/mol. The van der Waals surface area contributed by atoms with Crippen LogP contribution in [0.4, 0.5) is 8.78 Å². The van der Waals surface area contributed by atoms with Gasteiger partial charge in [0.15, 0.2) is 0 Å². The summed E-state index contributed by atoms with van der Waals surface area (Å²) >= 11 is 1.55. The molecule has 1 amide bonds. The third-order valence-electron chi connectivity index (χ3n) is 4.09. The Morgan fingerprint density at radius 3 is 2.96 bits per heavy atom. The molecule has 1 atom stereocenters. The lowest BCUT2D eigenvalue weighted by molar-refractivity contribution is -0.134. The molecule has 3 nitrogen and oxygen atoms in total. The van der Waals surface area contributed by atoms with Crippen molar-refractivity contribution in [1.29, 1.82) is 0 Å². The SMILES string of the molecule is Cc1csc([C@@H]2CCCCN2C(=O)Cc2cc(F)ccc2F)n1. The van der Waals surface area contributed by atoms with E-state index in [1.807, 2.05) is 12.3 Å².